The molecule has 1 saturated heterocycles. The van der Waals surface area contributed by atoms with E-state index in [4.69, 9.17) is 0 Å². The van der Waals surface area contributed by atoms with Crippen LogP contribution < -0.4 is 4.90 Å². The molecule has 25 heavy (non-hydrogen) atoms. The predicted molar refractivity (Wildman–Crippen MR) is 101 cm³/mol. The van der Waals surface area contributed by atoms with Gasteiger partial charge in [0, 0.05) is 49.9 Å². The number of anilines is 1. The van der Waals surface area contributed by atoms with Crippen LogP contribution >= 0.6 is 0 Å². The van der Waals surface area contributed by atoms with Crippen LogP contribution in [0.2, 0.25) is 0 Å². The van der Waals surface area contributed by atoms with E-state index >= 15 is 0 Å². The third kappa shape index (κ3) is 4.46. The Morgan fingerprint density at radius 1 is 1.36 bits per heavy atom. The minimum Gasteiger partial charge on any atom is -0.389 e. The molecule has 1 fully saturated rings. The SMILES string of the molecule is CC(=O)/C=C/c1c[nH]c2ncc(N3CCN(CC(C)(C)O)CC3)cc12. The van der Waals surface area contributed by atoms with Crippen molar-refractivity contribution in [3.63, 3.8) is 0 Å². The van der Waals surface area contributed by atoms with E-state index in [1.165, 1.54) is 0 Å². The lowest BCUT2D eigenvalue weighted by Crippen LogP contribution is -2.50. The van der Waals surface area contributed by atoms with E-state index in [2.05, 4.69) is 25.8 Å². The summed E-state index contributed by atoms with van der Waals surface area (Å²) in [7, 11) is 0. The number of hydrogen-bond donors (Lipinski definition) is 2. The van der Waals surface area contributed by atoms with Gasteiger partial charge in [0.05, 0.1) is 17.5 Å². The van der Waals surface area contributed by atoms with Crippen molar-refractivity contribution in [2.75, 3.05) is 37.6 Å². The summed E-state index contributed by atoms with van der Waals surface area (Å²) in [5, 5.41) is 11.0. The first-order valence-corrected chi connectivity index (χ1v) is 8.67. The molecule has 0 amide bonds. The number of allylic oxidation sites excluding steroid dienone is 1. The van der Waals surface area contributed by atoms with E-state index in [0.29, 0.717) is 6.54 Å². The number of nitrogens with one attached hydrogen (secondary N) is 1. The molecule has 2 aromatic rings. The number of H-pyrrole nitrogens is 1. The van der Waals surface area contributed by atoms with Crippen molar-refractivity contribution >= 4 is 28.6 Å². The molecule has 2 aromatic heterocycles. The van der Waals surface area contributed by atoms with Crippen molar-refractivity contribution in [3.8, 4) is 0 Å². The van der Waals surface area contributed by atoms with Gasteiger partial charge in [0.1, 0.15) is 5.65 Å². The molecule has 0 radical (unpaired) electrons. The highest BCUT2D eigenvalue weighted by atomic mass is 16.3. The number of pyridine rings is 1. The molecule has 0 saturated carbocycles. The van der Waals surface area contributed by atoms with Crippen molar-refractivity contribution in [3.05, 3.63) is 30.1 Å². The molecule has 0 unspecified atom stereocenters. The normalized spacial score (nSPS) is 16.9. The van der Waals surface area contributed by atoms with Crippen LogP contribution in [0.5, 0.6) is 0 Å². The number of carbonyl (C=O) groups is 1. The zero-order valence-corrected chi connectivity index (χ0v) is 15.1. The van der Waals surface area contributed by atoms with Gasteiger partial charge in [-0.3, -0.25) is 9.69 Å². The molecule has 0 spiro atoms. The number of hydrogen-bond acceptors (Lipinski definition) is 5. The standard InChI is InChI=1S/C19H26N4O2/c1-14(24)4-5-15-11-20-18-17(15)10-16(12-21-18)23-8-6-22(7-9-23)13-19(2,3)25/h4-5,10-12,25H,6-9,13H2,1-3H3,(H,20,21)/b5-4+. The molecular weight excluding hydrogens is 316 g/mol. The number of β-amino-alcohol motifs (C(OH)–C–C–N with tert-alkyl or cyclic N) is 1. The highest BCUT2D eigenvalue weighted by Crippen LogP contribution is 2.24. The summed E-state index contributed by atoms with van der Waals surface area (Å²) in [5.74, 6) is 0.0291. The number of ketones is 1. The van der Waals surface area contributed by atoms with Crippen LogP contribution in [0.4, 0.5) is 5.69 Å². The fourth-order valence-electron chi connectivity index (χ4n) is 3.24. The van der Waals surface area contributed by atoms with Crippen molar-refractivity contribution < 1.29 is 9.90 Å². The fourth-order valence-corrected chi connectivity index (χ4v) is 3.24. The average Bonchev–Trinajstić information content (AvgIpc) is 2.94. The van der Waals surface area contributed by atoms with Gasteiger partial charge in [-0.25, -0.2) is 4.98 Å². The van der Waals surface area contributed by atoms with Gasteiger partial charge in [0.2, 0.25) is 0 Å². The maximum absolute atomic E-state index is 11.2. The van der Waals surface area contributed by atoms with Crippen LogP contribution in [0.1, 0.15) is 26.3 Å². The minimum atomic E-state index is -0.661. The molecule has 0 aromatic carbocycles. The Labute approximate surface area is 148 Å². The van der Waals surface area contributed by atoms with Gasteiger partial charge < -0.3 is 15.0 Å². The molecule has 0 atom stereocenters. The first-order chi connectivity index (χ1) is 11.8. The van der Waals surface area contributed by atoms with Gasteiger partial charge in [0.25, 0.3) is 0 Å². The molecule has 3 heterocycles. The first-order valence-electron chi connectivity index (χ1n) is 8.67. The summed E-state index contributed by atoms with van der Waals surface area (Å²) in [4.78, 5) is 23.4. The minimum absolute atomic E-state index is 0.0291. The molecule has 0 bridgehead atoms. The third-order valence-electron chi connectivity index (χ3n) is 4.39. The lowest BCUT2D eigenvalue weighted by molar-refractivity contribution is -0.112. The number of fused-ring (bicyclic) bond motifs is 1. The molecule has 3 rings (SSSR count). The van der Waals surface area contributed by atoms with Crippen LogP contribution in [0.15, 0.2) is 24.5 Å². The van der Waals surface area contributed by atoms with E-state index in [1.807, 2.05) is 32.3 Å². The van der Waals surface area contributed by atoms with Crippen LogP contribution in [0, 0.1) is 0 Å². The van der Waals surface area contributed by atoms with Gasteiger partial charge in [-0.2, -0.15) is 0 Å². The Balaban J connectivity index is 1.74. The second kappa shape index (κ2) is 6.98. The third-order valence-corrected chi connectivity index (χ3v) is 4.39. The van der Waals surface area contributed by atoms with Crippen molar-refractivity contribution in [2.45, 2.75) is 26.4 Å². The Morgan fingerprint density at radius 3 is 2.72 bits per heavy atom. The number of piperazine rings is 1. The highest BCUT2D eigenvalue weighted by molar-refractivity contribution is 5.96. The van der Waals surface area contributed by atoms with Crippen LogP contribution in [-0.2, 0) is 4.79 Å². The number of rotatable bonds is 5. The monoisotopic (exact) mass is 342 g/mol. The lowest BCUT2D eigenvalue weighted by Gasteiger charge is -2.38. The average molecular weight is 342 g/mol. The van der Waals surface area contributed by atoms with E-state index in [-0.39, 0.29) is 5.78 Å². The largest absolute Gasteiger partial charge is 0.389 e. The molecule has 0 aliphatic carbocycles. The van der Waals surface area contributed by atoms with Crippen molar-refractivity contribution in [2.24, 2.45) is 0 Å². The molecule has 2 N–H and O–H groups in total. The lowest BCUT2D eigenvalue weighted by atomic mass is 10.1. The first kappa shape index (κ1) is 17.6. The number of aromatic amines is 1. The Morgan fingerprint density at radius 2 is 2.08 bits per heavy atom. The van der Waals surface area contributed by atoms with Gasteiger partial charge >= 0.3 is 0 Å². The van der Waals surface area contributed by atoms with Crippen molar-refractivity contribution in [1.29, 1.82) is 0 Å². The molecular formula is C19H26N4O2. The summed E-state index contributed by atoms with van der Waals surface area (Å²) in [5.41, 5.74) is 2.23. The molecule has 6 nitrogen and oxygen atoms in total. The maximum atomic E-state index is 11.2. The summed E-state index contributed by atoms with van der Waals surface area (Å²) in [6.07, 6.45) is 7.17. The van der Waals surface area contributed by atoms with Gasteiger partial charge in [-0.1, -0.05) is 0 Å². The van der Waals surface area contributed by atoms with Crippen LogP contribution in [0.25, 0.3) is 17.1 Å². The molecule has 134 valence electrons. The quantitative estimate of drug-likeness (QED) is 0.814. The Kier molecular flexibility index (Phi) is 4.92. The number of nitrogens with zero attached hydrogens (tertiary/aromatic N) is 3. The predicted octanol–water partition coefficient (Wildman–Crippen LogP) is 2.06. The maximum Gasteiger partial charge on any atom is 0.152 e. The van der Waals surface area contributed by atoms with E-state index < -0.39 is 5.60 Å². The van der Waals surface area contributed by atoms with E-state index in [9.17, 15) is 9.90 Å². The summed E-state index contributed by atoms with van der Waals surface area (Å²) < 4.78 is 0. The smallest absolute Gasteiger partial charge is 0.152 e. The second-order valence-electron chi connectivity index (χ2n) is 7.35. The van der Waals surface area contributed by atoms with E-state index in [1.54, 1.807) is 13.0 Å². The summed E-state index contributed by atoms with van der Waals surface area (Å²) in [6, 6.07) is 2.13. The summed E-state index contributed by atoms with van der Waals surface area (Å²) >= 11 is 0. The van der Waals surface area contributed by atoms with E-state index in [0.717, 1.165) is 48.5 Å². The second-order valence-corrected chi connectivity index (χ2v) is 7.35. The Hall–Kier alpha value is -2.18. The zero-order valence-electron chi connectivity index (χ0n) is 15.1. The topological polar surface area (TPSA) is 72.5 Å². The van der Waals surface area contributed by atoms with Gasteiger partial charge in [0.15, 0.2) is 5.78 Å². The van der Waals surface area contributed by atoms with Gasteiger partial charge in [-0.15, -0.1) is 0 Å². The summed E-state index contributed by atoms with van der Waals surface area (Å²) in [6.45, 7) is 9.59. The fraction of sp³-hybridized carbons (Fsp3) is 0.474. The van der Waals surface area contributed by atoms with Crippen LogP contribution in [-0.4, -0.2) is 64.1 Å². The van der Waals surface area contributed by atoms with Gasteiger partial charge in [-0.05, 0) is 39.0 Å². The Bertz CT molecular complexity index is 780. The van der Waals surface area contributed by atoms with Crippen LogP contribution in [0.3, 0.4) is 0 Å². The highest BCUT2D eigenvalue weighted by Gasteiger charge is 2.23. The number of carbonyl (C=O) groups excluding carboxylic acids is 1. The molecule has 6 heteroatoms. The number of aliphatic hydroxyl groups is 1. The van der Waals surface area contributed by atoms with Crippen molar-refractivity contribution in [1.82, 2.24) is 14.9 Å². The zero-order chi connectivity index (χ0) is 18.0. The molecule has 1 aliphatic heterocycles. The number of aromatic nitrogens is 2. The molecule has 1 aliphatic rings.